The van der Waals surface area contributed by atoms with E-state index in [4.69, 9.17) is 9.84 Å². The molecule has 0 aromatic heterocycles. The van der Waals surface area contributed by atoms with E-state index in [0.717, 1.165) is 6.42 Å². The fourth-order valence-corrected chi connectivity index (χ4v) is 1.04. The molecule has 0 radical (unpaired) electrons. The second kappa shape index (κ2) is 7.89. The van der Waals surface area contributed by atoms with Gasteiger partial charge in [-0.1, -0.05) is 0 Å². The Hall–Kier alpha value is -1.30. The Labute approximate surface area is 102 Å². The van der Waals surface area contributed by atoms with Gasteiger partial charge in [-0.3, -0.25) is 4.79 Å². The molecule has 100 valence electrons. The summed E-state index contributed by atoms with van der Waals surface area (Å²) < 4.78 is 5.05. The van der Waals surface area contributed by atoms with Crippen molar-refractivity contribution in [3.63, 3.8) is 0 Å². The van der Waals surface area contributed by atoms with Crippen LogP contribution in [0.5, 0.6) is 0 Å². The van der Waals surface area contributed by atoms with E-state index in [9.17, 15) is 9.59 Å². The Balaban J connectivity index is 3.34. The van der Waals surface area contributed by atoms with Crippen molar-refractivity contribution in [3.8, 4) is 0 Å². The van der Waals surface area contributed by atoms with Crippen LogP contribution in [0.3, 0.4) is 0 Å². The van der Waals surface area contributed by atoms with Crippen molar-refractivity contribution in [1.29, 1.82) is 0 Å². The molecule has 0 bridgehead atoms. The molecule has 3 N–H and O–H groups in total. The largest absolute Gasteiger partial charge is 0.481 e. The van der Waals surface area contributed by atoms with Crippen molar-refractivity contribution in [2.75, 3.05) is 19.6 Å². The lowest BCUT2D eigenvalue weighted by Gasteiger charge is -2.19. The lowest BCUT2D eigenvalue weighted by Crippen LogP contribution is -2.34. The quantitative estimate of drug-likeness (QED) is 0.582. The maximum absolute atomic E-state index is 11.2. The highest BCUT2D eigenvalue weighted by atomic mass is 16.6. The monoisotopic (exact) mass is 246 g/mol. The average molecular weight is 246 g/mol. The van der Waals surface area contributed by atoms with E-state index in [1.165, 1.54) is 0 Å². The van der Waals surface area contributed by atoms with Crippen LogP contribution in [0, 0.1) is 0 Å². The van der Waals surface area contributed by atoms with Gasteiger partial charge in [0.25, 0.3) is 0 Å². The smallest absolute Gasteiger partial charge is 0.407 e. The van der Waals surface area contributed by atoms with Crippen LogP contribution in [0.4, 0.5) is 4.79 Å². The van der Waals surface area contributed by atoms with Crippen LogP contribution >= 0.6 is 0 Å². The number of hydrogen-bond donors (Lipinski definition) is 3. The summed E-state index contributed by atoms with van der Waals surface area (Å²) in [5, 5.41) is 14.0. The molecule has 0 aromatic rings. The lowest BCUT2D eigenvalue weighted by atomic mass is 10.2. The van der Waals surface area contributed by atoms with E-state index in [1.807, 2.05) is 0 Å². The highest BCUT2D eigenvalue weighted by molar-refractivity contribution is 5.67. The molecule has 0 rings (SSSR count). The molecular weight excluding hydrogens is 224 g/mol. The molecule has 6 nitrogen and oxygen atoms in total. The summed E-state index contributed by atoms with van der Waals surface area (Å²) in [6, 6.07) is 0. The maximum atomic E-state index is 11.2. The Bertz CT molecular complexity index is 248. The number of hydrogen-bond acceptors (Lipinski definition) is 4. The fourth-order valence-electron chi connectivity index (χ4n) is 1.04. The predicted octanol–water partition coefficient (Wildman–Crippen LogP) is 0.965. The van der Waals surface area contributed by atoms with Gasteiger partial charge in [-0.15, -0.1) is 0 Å². The zero-order valence-electron chi connectivity index (χ0n) is 10.7. The Morgan fingerprint density at radius 1 is 1.18 bits per heavy atom. The number of rotatable bonds is 7. The molecule has 0 aromatic carbocycles. The maximum Gasteiger partial charge on any atom is 0.407 e. The third-order valence-corrected chi connectivity index (χ3v) is 1.71. The Morgan fingerprint density at radius 2 is 1.82 bits per heavy atom. The van der Waals surface area contributed by atoms with Gasteiger partial charge < -0.3 is 20.5 Å². The minimum absolute atomic E-state index is 0.111. The molecule has 0 atom stereocenters. The summed E-state index contributed by atoms with van der Waals surface area (Å²) >= 11 is 0. The first kappa shape index (κ1) is 15.7. The SMILES string of the molecule is CC(C)(C)OC(=O)NCCCNCCC(=O)O. The number of amides is 1. The third-order valence-electron chi connectivity index (χ3n) is 1.71. The van der Waals surface area contributed by atoms with Gasteiger partial charge in [-0.25, -0.2) is 4.79 Å². The van der Waals surface area contributed by atoms with Crippen molar-refractivity contribution in [1.82, 2.24) is 10.6 Å². The first-order chi connectivity index (χ1) is 7.81. The zero-order valence-corrected chi connectivity index (χ0v) is 10.7. The number of aliphatic carboxylic acids is 1. The molecule has 0 saturated carbocycles. The summed E-state index contributed by atoms with van der Waals surface area (Å²) in [6.07, 6.45) is 0.418. The fraction of sp³-hybridized carbons (Fsp3) is 0.818. The molecule has 0 aliphatic heterocycles. The number of carbonyl (C=O) groups excluding carboxylic acids is 1. The van der Waals surface area contributed by atoms with Crippen LogP contribution in [-0.4, -0.2) is 42.4 Å². The highest BCUT2D eigenvalue weighted by Crippen LogP contribution is 2.06. The van der Waals surface area contributed by atoms with Gasteiger partial charge in [0.1, 0.15) is 5.60 Å². The number of ether oxygens (including phenoxy) is 1. The molecule has 0 heterocycles. The number of carboxylic acid groups (broad SMARTS) is 1. The highest BCUT2D eigenvalue weighted by Gasteiger charge is 2.15. The molecule has 0 spiro atoms. The van der Waals surface area contributed by atoms with E-state index < -0.39 is 17.7 Å². The van der Waals surface area contributed by atoms with Crippen molar-refractivity contribution in [2.24, 2.45) is 0 Å². The second-order valence-corrected chi connectivity index (χ2v) is 4.68. The summed E-state index contributed by atoms with van der Waals surface area (Å²) in [4.78, 5) is 21.4. The van der Waals surface area contributed by atoms with E-state index in [2.05, 4.69) is 10.6 Å². The topological polar surface area (TPSA) is 87.7 Å². The van der Waals surface area contributed by atoms with Crippen LogP contribution in [0.1, 0.15) is 33.6 Å². The minimum atomic E-state index is -0.815. The van der Waals surface area contributed by atoms with Gasteiger partial charge in [-0.05, 0) is 33.7 Å². The van der Waals surface area contributed by atoms with E-state index in [0.29, 0.717) is 19.6 Å². The molecular formula is C11H22N2O4. The van der Waals surface area contributed by atoms with Gasteiger partial charge in [0, 0.05) is 13.1 Å². The Kier molecular flexibility index (Phi) is 7.29. The van der Waals surface area contributed by atoms with Gasteiger partial charge in [0.15, 0.2) is 0 Å². The number of alkyl carbamates (subject to hydrolysis) is 1. The third kappa shape index (κ3) is 12.6. The minimum Gasteiger partial charge on any atom is -0.481 e. The first-order valence-corrected chi connectivity index (χ1v) is 5.70. The first-order valence-electron chi connectivity index (χ1n) is 5.70. The predicted molar refractivity (Wildman–Crippen MR) is 64.0 cm³/mol. The van der Waals surface area contributed by atoms with Crippen LogP contribution in [0.2, 0.25) is 0 Å². The number of carbonyl (C=O) groups is 2. The van der Waals surface area contributed by atoms with Crippen molar-refractivity contribution in [2.45, 2.75) is 39.2 Å². The molecule has 0 unspecified atom stereocenters. The van der Waals surface area contributed by atoms with E-state index in [-0.39, 0.29) is 6.42 Å². The Morgan fingerprint density at radius 3 is 2.35 bits per heavy atom. The molecule has 0 aliphatic rings. The summed E-state index contributed by atoms with van der Waals surface area (Å²) in [5.41, 5.74) is -0.482. The van der Waals surface area contributed by atoms with Gasteiger partial charge in [0.05, 0.1) is 6.42 Å². The molecule has 6 heteroatoms. The molecule has 0 aliphatic carbocycles. The van der Waals surface area contributed by atoms with Gasteiger partial charge >= 0.3 is 12.1 Å². The van der Waals surface area contributed by atoms with Crippen molar-refractivity contribution >= 4 is 12.1 Å². The molecule has 1 amide bonds. The second-order valence-electron chi connectivity index (χ2n) is 4.68. The number of carboxylic acids is 1. The average Bonchev–Trinajstić information content (AvgIpc) is 2.12. The van der Waals surface area contributed by atoms with Crippen molar-refractivity contribution < 1.29 is 19.4 Å². The number of nitrogens with one attached hydrogen (secondary N) is 2. The van der Waals surface area contributed by atoms with Gasteiger partial charge in [-0.2, -0.15) is 0 Å². The molecule has 17 heavy (non-hydrogen) atoms. The van der Waals surface area contributed by atoms with Crippen molar-refractivity contribution in [3.05, 3.63) is 0 Å². The normalized spacial score (nSPS) is 11.0. The summed E-state index contributed by atoms with van der Waals surface area (Å²) in [6.45, 7) is 7.04. The molecule has 0 saturated heterocycles. The standard InChI is InChI=1S/C11H22N2O4/c1-11(2,3)17-10(16)13-7-4-6-12-8-5-9(14)15/h12H,4-8H2,1-3H3,(H,13,16)(H,14,15). The molecule has 0 fully saturated rings. The van der Waals surface area contributed by atoms with Crippen LogP contribution in [0.15, 0.2) is 0 Å². The zero-order chi connectivity index (χ0) is 13.3. The van der Waals surface area contributed by atoms with Crippen LogP contribution in [0.25, 0.3) is 0 Å². The van der Waals surface area contributed by atoms with Crippen LogP contribution < -0.4 is 10.6 Å². The van der Waals surface area contributed by atoms with E-state index >= 15 is 0 Å². The summed E-state index contributed by atoms with van der Waals surface area (Å²) in [7, 11) is 0. The van der Waals surface area contributed by atoms with Gasteiger partial charge in [0.2, 0.25) is 0 Å². The van der Waals surface area contributed by atoms with Crippen LogP contribution in [-0.2, 0) is 9.53 Å². The van der Waals surface area contributed by atoms with E-state index in [1.54, 1.807) is 20.8 Å². The summed E-state index contributed by atoms with van der Waals surface area (Å²) in [5.74, 6) is -0.815. The lowest BCUT2D eigenvalue weighted by molar-refractivity contribution is -0.136.